The van der Waals surface area contributed by atoms with Crippen molar-refractivity contribution >= 4 is 11.6 Å². The molecule has 1 unspecified atom stereocenters. The monoisotopic (exact) mass is 330 g/mol. The van der Waals surface area contributed by atoms with E-state index in [9.17, 15) is 18.0 Å². The molecule has 0 aromatic heterocycles. The maximum absolute atomic E-state index is 11.9. The largest absolute Gasteiger partial charge is 0.411 e. The van der Waals surface area contributed by atoms with Crippen molar-refractivity contribution in [3.8, 4) is 0 Å². The fourth-order valence-electron chi connectivity index (χ4n) is 2.73. The Balaban J connectivity index is 1.66. The van der Waals surface area contributed by atoms with Crippen LogP contribution in [-0.4, -0.2) is 44.4 Å². The minimum absolute atomic E-state index is 0.0672. The van der Waals surface area contributed by atoms with Crippen LogP contribution in [0.25, 0.3) is 0 Å². The van der Waals surface area contributed by atoms with Crippen LogP contribution in [0.1, 0.15) is 18.9 Å². The topological polar surface area (TPSA) is 41.6 Å². The van der Waals surface area contributed by atoms with Crippen molar-refractivity contribution < 1.29 is 22.7 Å². The van der Waals surface area contributed by atoms with E-state index in [1.165, 1.54) is 11.3 Å². The van der Waals surface area contributed by atoms with Gasteiger partial charge in [-0.1, -0.05) is 18.2 Å². The molecule has 0 saturated heterocycles. The van der Waals surface area contributed by atoms with E-state index >= 15 is 0 Å². The van der Waals surface area contributed by atoms with Crippen LogP contribution in [0, 0.1) is 0 Å². The summed E-state index contributed by atoms with van der Waals surface area (Å²) in [6, 6.07) is 8.53. The number of carbonyl (C=O) groups is 1. The Morgan fingerprint density at radius 3 is 2.87 bits per heavy atom. The van der Waals surface area contributed by atoms with Gasteiger partial charge in [-0.25, -0.2) is 0 Å². The third-order valence-electron chi connectivity index (χ3n) is 3.76. The second-order valence-electron chi connectivity index (χ2n) is 5.64. The Morgan fingerprint density at radius 1 is 1.39 bits per heavy atom. The van der Waals surface area contributed by atoms with Gasteiger partial charge in [-0.05, 0) is 25.0 Å². The molecule has 128 valence electrons. The van der Waals surface area contributed by atoms with E-state index < -0.39 is 12.8 Å². The number of ether oxygens (including phenoxy) is 1. The van der Waals surface area contributed by atoms with E-state index in [-0.39, 0.29) is 18.9 Å². The highest BCUT2D eigenvalue weighted by atomic mass is 19.4. The number of nitrogens with one attached hydrogen (secondary N) is 1. The van der Waals surface area contributed by atoms with Crippen LogP contribution in [0.2, 0.25) is 0 Å². The number of benzene rings is 1. The summed E-state index contributed by atoms with van der Waals surface area (Å²) in [6.07, 6.45) is -3.44. The molecule has 1 aliphatic heterocycles. The van der Waals surface area contributed by atoms with Gasteiger partial charge in [0.25, 0.3) is 0 Å². The molecule has 0 aliphatic carbocycles. The van der Waals surface area contributed by atoms with Gasteiger partial charge in [0.15, 0.2) is 0 Å². The van der Waals surface area contributed by atoms with E-state index in [2.05, 4.69) is 34.0 Å². The highest BCUT2D eigenvalue weighted by molar-refractivity contribution is 5.76. The van der Waals surface area contributed by atoms with Crippen molar-refractivity contribution in [2.75, 3.05) is 31.2 Å². The molecule has 1 aliphatic rings. The molecule has 0 fully saturated rings. The molecule has 23 heavy (non-hydrogen) atoms. The molecule has 1 aromatic carbocycles. The predicted octanol–water partition coefficient (Wildman–Crippen LogP) is 2.52. The van der Waals surface area contributed by atoms with Gasteiger partial charge in [-0.2, -0.15) is 13.2 Å². The number of carbonyl (C=O) groups excluding carboxylic acids is 1. The van der Waals surface area contributed by atoms with E-state index in [0.29, 0.717) is 19.1 Å². The average molecular weight is 330 g/mol. The van der Waals surface area contributed by atoms with Gasteiger partial charge in [0.05, 0.1) is 6.61 Å². The van der Waals surface area contributed by atoms with Crippen molar-refractivity contribution in [1.29, 1.82) is 0 Å². The van der Waals surface area contributed by atoms with Crippen LogP contribution >= 0.6 is 0 Å². The minimum Gasteiger partial charge on any atom is -0.372 e. The minimum atomic E-state index is -4.35. The standard InChI is InChI=1S/C16H21F3N2O2/c1-12-10-13-4-2-3-5-14(13)21(12)8-7-20-15(22)6-9-23-11-16(17,18)19/h2-5,12H,6-11H2,1H3,(H,20,22). The normalized spacial score (nSPS) is 17.2. The van der Waals surface area contributed by atoms with E-state index in [0.717, 1.165) is 6.42 Å². The first kappa shape index (κ1) is 17.6. The molecular formula is C16H21F3N2O2. The first-order chi connectivity index (χ1) is 10.9. The Hall–Kier alpha value is -1.76. The molecule has 1 amide bonds. The summed E-state index contributed by atoms with van der Waals surface area (Å²) in [6.45, 7) is 1.72. The number of hydrogen-bond acceptors (Lipinski definition) is 3. The van der Waals surface area contributed by atoms with Crippen molar-refractivity contribution in [3.05, 3.63) is 29.8 Å². The lowest BCUT2D eigenvalue weighted by Gasteiger charge is -2.25. The first-order valence-corrected chi connectivity index (χ1v) is 7.62. The maximum atomic E-state index is 11.9. The lowest BCUT2D eigenvalue weighted by atomic mass is 10.1. The summed E-state index contributed by atoms with van der Waals surface area (Å²) in [4.78, 5) is 13.8. The molecular weight excluding hydrogens is 309 g/mol. The molecule has 0 radical (unpaired) electrons. The van der Waals surface area contributed by atoms with Gasteiger partial charge >= 0.3 is 6.18 Å². The van der Waals surface area contributed by atoms with E-state index in [4.69, 9.17) is 0 Å². The summed E-state index contributed by atoms with van der Waals surface area (Å²) < 4.78 is 40.1. The molecule has 4 nitrogen and oxygen atoms in total. The number of amides is 1. The van der Waals surface area contributed by atoms with Crippen LogP contribution in [0.15, 0.2) is 24.3 Å². The summed E-state index contributed by atoms with van der Waals surface area (Å²) in [5.74, 6) is -0.299. The second kappa shape index (κ2) is 7.68. The number of hydrogen-bond donors (Lipinski definition) is 1. The van der Waals surface area contributed by atoms with E-state index in [1.54, 1.807) is 0 Å². The van der Waals surface area contributed by atoms with Crippen LogP contribution < -0.4 is 10.2 Å². The fraction of sp³-hybridized carbons (Fsp3) is 0.562. The third kappa shape index (κ3) is 5.42. The van der Waals surface area contributed by atoms with Crippen LogP contribution in [0.5, 0.6) is 0 Å². The van der Waals surface area contributed by atoms with Crippen molar-refractivity contribution in [3.63, 3.8) is 0 Å². The summed E-state index contributed by atoms with van der Waals surface area (Å²) >= 11 is 0. The van der Waals surface area contributed by atoms with Crippen LogP contribution in [-0.2, 0) is 16.0 Å². The highest BCUT2D eigenvalue weighted by Crippen LogP contribution is 2.31. The molecule has 0 spiro atoms. The van der Waals surface area contributed by atoms with Gasteiger partial charge in [0, 0.05) is 31.2 Å². The van der Waals surface area contributed by atoms with Crippen LogP contribution in [0.4, 0.5) is 18.9 Å². The summed E-state index contributed by atoms with van der Waals surface area (Å²) in [5, 5.41) is 2.72. The number of alkyl halides is 3. The van der Waals surface area contributed by atoms with Gasteiger partial charge in [-0.15, -0.1) is 0 Å². The molecule has 1 aromatic rings. The molecule has 1 atom stereocenters. The zero-order chi connectivity index (χ0) is 16.9. The molecule has 0 saturated carbocycles. The average Bonchev–Trinajstić information content (AvgIpc) is 2.79. The number of para-hydroxylation sites is 1. The molecule has 0 bridgehead atoms. The molecule has 1 N–H and O–H groups in total. The number of rotatable bonds is 7. The Kier molecular flexibility index (Phi) is 5.87. The fourth-order valence-corrected chi connectivity index (χ4v) is 2.73. The number of fused-ring (bicyclic) bond motifs is 1. The molecule has 1 heterocycles. The Morgan fingerprint density at radius 2 is 2.13 bits per heavy atom. The van der Waals surface area contributed by atoms with Gasteiger partial charge < -0.3 is 15.0 Å². The summed E-state index contributed by atoms with van der Waals surface area (Å²) in [5.41, 5.74) is 2.48. The van der Waals surface area contributed by atoms with Crippen molar-refractivity contribution in [1.82, 2.24) is 5.32 Å². The van der Waals surface area contributed by atoms with Crippen LogP contribution in [0.3, 0.4) is 0 Å². The zero-order valence-corrected chi connectivity index (χ0v) is 13.0. The molecule has 7 heteroatoms. The second-order valence-corrected chi connectivity index (χ2v) is 5.64. The predicted molar refractivity (Wildman–Crippen MR) is 81.5 cm³/mol. The maximum Gasteiger partial charge on any atom is 0.411 e. The highest BCUT2D eigenvalue weighted by Gasteiger charge is 2.27. The number of anilines is 1. The number of nitrogens with zero attached hydrogens (tertiary/aromatic N) is 1. The quantitative estimate of drug-likeness (QED) is 0.781. The summed E-state index contributed by atoms with van der Waals surface area (Å²) in [7, 11) is 0. The lowest BCUT2D eigenvalue weighted by molar-refractivity contribution is -0.174. The van der Waals surface area contributed by atoms with Crippen molar-refractivity contribution in [2.45, 2.75) is 32.0 Å². The van der Waals surface area contributed by atoms with Gasteiger partial charge in [0.2, 0.25) is 5.91 Å². The Bertz CT molecular complexity index is 534. The number of halogens is 3. The molecule has 2 rings (SSSR count). The van der Waals surface area contributed by atoms with Crippen molar-refractivity contribution in [2.24, 2.45) is 0 Å². The van der Waals surface area contributed by atoms with Gasteiger partial charge in [-0.3, -0.25) is 4.79 Å². The SMILES string of the molecule is CC1Cc2ccccc2N1CCNC(=O)CCOCC(F)(F)F. The third-order valence-corrected chi connectivity index (χ3v) is 3.76. The lowest BCUT2D eigenvalue weighted by Crippen LogP contribution is -2.38. The first-order valence-electron chi connectivity index (χ1n) is 7.62. The van der Waals surface area contributed by atoms with E-state index in [1.807, 2.05) is 12.1 Å². The smallest absolute Gasteiger partial charge is 0.372 e. The van der Waals surface area contributed by atoms with Gasteiger partial charge in [0.1, 0.15) is 6.61 Å². The Labute approximate surface area is 133 Å². The zero-order valence-electron chi connectivity index (χ0n) is 13.0.